The van der Waals surface area contributed by atoms with Crippen LogP contribution < -0.4 is 15.7 Å². The lowest BCUT2D eigenvalue weighted by Crippen LogP contribution is -2.15. The number of fused-ring (bicyclic) bond motifs is 1. The van der Waals surface area contributed by atoms with Gasteiger partial charge in [0.1, 0.15) is 11.3 Å². The maximum absolute atomic E-state index is 12.6. The number of Topliss-reactive ketones (excluding diaryl/α,β-unsaturated/α-hetero) is 1. The molecular weight excluding hydrogens is 322 g/mol. The Bertz CT molecular complexity index is 1020. The zero-order valence-electron chi connectivity index (χ0n) is 13.7. The molecule has 25 heavy (non-hydrogen) atoms. The average molecular weight is 337 g/mol. The molecule has 6 nitrogen and oxygen atoms in total. The van der Waals surface area contributed by atoms with Crippen LogP contribution in [0.3, 0.4) is 0 Å². The van der Waals surface area contributed by atoms with Gasteiger partial charge >= 0.3 is 5.63 Å². The summed E-state index contributed by atoms with van der Waals surface area (Å²) in [6, 6.07) is 12.5. The highest BCUT2D eigenvalue weighted by Gasteiger charge is 2.14. The first-order chi connectivity index (χ1) is 12.0. The number of ketones is 1. The molecule has 0 radical (unpaired) electrons. The number of carbonyl (C=O) groups excluding carboxylic acids is 2. The summed E-state index contributed by atoms with van der Waals surface area (Å²) < 4.78 is 10.2. The van der Waals surface area contributed by atoms with Crippen LogP contribution in [-0.2, 0) is 0 Å². The third-order valence-electron chi connectivity index (χ3n) is 3.75. The van der Waals surface area contributed by atoms with E-state index in [0.717, 1.165) is 6.07 Å². The molecule has 0 bridgehead atoms. The fraction of sp³-hybridized carbons (Fsp3) is 0.105. The standard InChI is InChI=1S/C19H15NO5/c1-11(21)12-3-5-13(6-4-12)20-19(23)16-10-18(22)25-17-9-14(24-2)7-8-15(16)17/h3-10H,1-2H3,(H,20,23). The summed E-state index contributed by atoms with van der Waals surface area (Å²) in [5, 5.41) is 3.21. The first-order valence-electron chi connectivity index (χ1n) is 7.52. The molecule has 0 saturated carbocycles. The van der Waals surface area contributed by atoms with Crippen LogP contribution in [0.25, 0.3) is 11.0 Å². The van der Waals surface area contributed by atoms with Gasteiger partial charge in [0, 0.05) is 28.8 Å². The summed E-state index contributed by atoms with van der Waals surface area (Å²) in [4.78, 5) is 35.6. The molecule has 0 aliphatic rings. The zero-order chi connectivity index (χ0) is 18.0. The van der Waals surface area contributed by atoms with Gasteiger partial charge in [-0.15, -0.1) is 0 Å². The Kier molecular flexibility index (Phi) is 4.35. The lowest BCUT2D eigenvalue weighted by molar-refractivity contribution is 0.101. The van der Waals surface area contributed by atoms with Gasteiger partial charge < -0.3 is 14.5 Å². The SMILES string of the molecule is COc1ccc2c(C(=O)Nc3ccc(C(C)=O)cc3)cc(=O)oc2c1. The number of benzene rings is 2. The summed E-state index contributed by atoms with van der Waals surface area (Å²) in [5.74, 6) is 0.0187. The normalized spacial score (nSPS) is 10.5. The predicted molar refractivity (Wildman–Crippen MR) is 93.4 cm³/mol. The maximum atomic E-state index is 12.6. The number of hydrogen-bond donors (Lipinski definition) is 1. The van der Waals surface area contributed by atoms with Crippen LogP contribution >= 0.6 is 0 Å². The van der Waals surface area contributed by atoms with E-state index in [2.05, 4.69) is 5.32 Å². The summed E-state index contributed by atoms with van der Waals surface area (Å²) in [6.07, 6.45) is 0. The topological polar surface area (TPSA) is 85.6 Å². The Hall–Kier alpha value is -3.41. The molecule has 0 unspecified atom stereocenters. The Morgan fingerprint density at radius 1 is 1.04 bits per heavy atom. The zero-order valence-corrected chi connectivity index (χ0v) is 13.7. The number of rotatable bonds is 4. The van der Waals surface area contributed by atoms with Crippen LogP contribution in [-0.4, -0.2) is 18.8 Å². The first-order valence-corrected chi connectivity index (χ1v) is 7.52. The van der Waals surface area contributed by atoms with Crippen molar-refractivity contribution in [3.8, 4) is 5.75 Å². The van der Waals surface area contributed by atoms with Crippen molar-refractivity contribution in [2.75, 3.05) is 12.4 Å². The number of ether oxygens (including phenoxy) is 1. The Morgan fingerprint density at radius 2 is 1.76 bits per heavy atom. The molecule has 1 aromatic heterocycles. The third kappa shape index (κ3) is 3.42. The van der Waals surface area contributed by atoms with Crippen molar-refractivity contribution in [2.24, 2.45) is 0 Å². The Labute approximate surface area is 143 Å². The van der Waals surface area contributed by atoms with Crippen molar-refractivity contribution in [1.82, 2.24) is 0 Å². The minimum atomic E-state index is -0.627. The number of hydrogen-bond acceptors (Lipinski definition) is 5. The van der Waals surface area contributed by atoms with Crippen molar-refractivity contribution in [3.63, 3.8) is 0 Å². The highest BCUT2D eigenvalue weighted by atomic mass is 16.5. The van der Waals surface area contributed by atoms with E-state index in [-0.39, 0.29) is 16.9 Å². The third-order valence-corrected chi connectivity index (χ3v) is 3.75. The van der Waals surface area contributed by atoms with E-state index in [0.29, 0.717) is 22.4 Å². The molecule has 126 valence electrons. The number of anilines is 1. The highest BCUT2D eigenvalue weighted by molar-refractivity contribution is 6.12. The van der Waals surface area contributed by atoms with Crippen molar-refractivity contribution in [3.05, 3.63) is 70.1 Å². The fourth-order valence-corrected chi connectivity index (χ4v) is 2.44. The minimum absolute atomic E-state index is 0.0570. The monoisotopic (exact) mass is 337 g/mol. The molecule has 1 amide bonds. The molecule has 3 rings (SSSR count). The average Bonchev–Trinajstić information content (AvgIpc) is 2.60. The van der Waals surface area contributed by atoms with Gasteiger partial charge in [0.2, 0.25) is 0 Å². The number of carbonyl (C=O) groups is 2. The smallest absolute Gasteiger partial charge is 0.337 e. The van der Waals surface area contributed by atoms with E-state index in [1.807, 2.05) is 0 Å². The van der Waals surface area contributed by atoms with E-state index in [1.54, 1.807) is 42.5 Å². The quantitative estimate of drug-likeness (QED) is 0.583. The van der Waals surface area contributed by atoms with Crippen LogP contribution in [0.1, 0.15) is 27.6 Å². The molecule has 1 N–H and O–H groups in total. The highest BCUT2D eigenvalue weighted by Crippen LogP contribution is 2.23. The molecule has 2 aromatic carbocycles. The van der Waals surface area contributed by atoms with Gasteiger partial charge in [-0.25, -0.2) is 4.79 Å². The second kappa shape index (κ2) is 6.60. The lowest BCUT2D eigenvalue weighted by atomic mass is 10.1. The first kappa shape index (κ1) is 16.4. The van der Waals surface area contributed by atoms with Crippen LogP contribution in [0.15, 0.2) is 57.7 Å². The van der Waals surface area contributed by atoms with Crippen molar-refractivity contribution in [2.45, 2.75) is 6.92 Å². The van der Waals surface area contributed by atoms with Gasteiger partial charge in [-0.3, -0.25) is 9.59 Å². The molecule has 0 aliphatic carbocycles. The molecule has 0 saturated heterocycles. The van der Waals surface area contributed by atoms with E-state index >= 15 is 0 Å². The predicted octanol–water partition coefficient (Wildman–Crippen LogP) is 3.26. The van der Waals surface area contributed by atoms with Gasteiger partial charge in [-0.05, 0) is 43.3 Å². The summed E-state index contributed by atoms with van der Waals surface area (Å²) >= 11 is 0. The largest absolute Gasteiger partial charge is 0.497 e. The van der Waals surface area contributed by atoms with Crippen LogP contribution in [0, 0.1) is 0 Å². The Morgan fingerprint density at radius 3 is 2.40 bits per heavy atom. The molecule has 0 spiro atoms. The lowest BCUT2D eigenvalue weighted by Gasteiger charge is -2.08. The summed E-state index contributed by atoms with van der Waals surface area (Å²) in [6.45, 7) is 1.47. The molecule has 3 aromatic rings. The van der Waals surface area contributed by atoms with Gasteiger partial charge in [0.15, 0.2) is 5.78 Å². The molecule has 1 heterocycles. The number of nitrogens with one attached hydrogen (secondary N) is 1. The van der Waals surface area contributed by atoms with Gasteiger partial charge in [0.05, 0.1) is 12.7 Å². The minimum Gasteiger partial charge on any atom is -0.497 e. The van der Waals surface area contributed by atoms with Crippen LogP contribution in [0.5, 0.6) is 5.75 Å². The molecule has 0 aliphatic heterocycles. The second-order valence-electron chi connectivity index (χ2n) is 5.43. The van der Waals surface area contributed by atoms with Crippen molar-refractivity contribution < 1.29 is 18.7 Å². The maximum Gasteiger partial charge on any atom is 0.337 e. The van der Waals surface area contributed by atoms with E-state index in [4.69, 9.17) is 9.15 Å². The molecule has 0 fully saturated rings. The van der Waals surface area contributed by atoms with Crippen molar-refractivity contribution in [1.29, 1.82) is 0 Å². The number of amides is 1. The fourth-order valence-electron chi connectivity index (χ4n) is 2.44. The molecular formula is C19H15NO5. The summed E-state index contributed by atoms with van der Waals surface area (Å²) in [7, 11) is 1.50. The number of methoxy groups -OCH3 is 1. The van der Waals surface area contributed by atoms with Crippen LogP contribution in [0.4, 0.5) is 5.69 Å². The molecule has 0 atom stereocenters. The van der Waals surface area contributed by atoms with Crippen molar-refractivity contribution >= 4 is 28.3 Å². The summed E-state index contributed by atoms with van der Waals surface area (Å²) in [5.41, 5.74) is 0.909. The molecule has 6 heteroatoms. The van der Waals surface area contributed by atoms with Crippen LogP contribution in [0.2, 0.25) is 0 Å². The van der Waals surface area contributed by atoms with Gasteiger partial charge in [-0.1, -0.05) is 0 Å². The van der Waals surface area contributed by atoms with Gasteiger partial charge in [0.25, 0.3) is 5.91 Å². The Balaban J connectivity index is 1.96. The van der Waals surface area contributed by atoms with E-state index in [1.165, 1.54) is 14.0 Å². The van der Waals surface area contributed by atoms with E-state index < -0.39 is 11.5 Å². The van der Waals surface area contributed by atoms with Gasteiger partial charge in [-0.2, -0.15) is 0 Å². The second-order valence-corrected chi connectivity index (χ2v) is 5.43. The van der Waals surface area contributed by atoms with E-state index in [9.17, 15) is 14.4 Å².